The van der Waals surface area contributed by atoms with Gasteiger partial charge in [0, 0.05) is 31.7 Å². The third-order valence-corrected chi connectivity index (χ3v) is 3.78. The van der Waals surface area contributed by atoms with E-state index < -0.39 is 0 Å². The molecule has 0 saturated carbocycles. The first-order valence-corrected chi connectivity index (χ1v) is 7.10. The van der Waals surface area contributed by atoms with Crippen LogP contribution in [0.3, 0.4) is 0 Å². The van der Waals surface area contributed by atoms with E-state index in [0.717, 1.165) is 24.6 Å². The molecule has 2 aromatic heterocycles. The molecule has 2 N–H and O–H groups in total. The predicted molar refractivity (Wildman–Crippen MR) is 94.9 cm³/mol. The molecule has 2 rings (SSSR count). The number of likely N-dealkylation sites (N-methyl/N-ethyl adjacent to an activating group) is 1. The van der Waals surface area contributed by atoms with Crippen LogP contribution >= 0.6 is 35.3 Å². The molecule has 2 aromatic rings. The van der Waals surface area contributed by atoms with Crippen molar-refractivity contribution < 1.29 is 0 Å². The minimum absolute atomic E-state index is 0. The number of H-pyrrole nitrogens is 1. The zero-order chi connectivity index (χ0) is 13.5. The van der Waals surface area contributed by atoms with Gasteiger partial charge in [-0.3, -0.25) is 10.1 Å². The van der Waals surface area contributed by atoms with Gasteiger partial charge < -0.3 is 10.2 Å². The molecular formula is C13H20IN5S. The van der Waals surface area contributed by atoms with Crippen LogP contribution in [0.4, 0.5) is 0 Å². The number of aromatic nitrogens is 2. The van der Waals surface area contributed by atoms with Crippen molar-refractivity contribution in [3.8, 4) is 0 Å². The lowest BCUT2D eigenvalue weighted by Crippen LogP contribution is -2.39. The molecule has 0 saturated heterocycles. The van der Waals surface area contributed by atoms with Gasteiger partial charge in [0.05, 0.1) is 12.2 Å². The Hall–Kier alpha value is -1.09. The number of nitrogens with zero attached hydrogens (tertiary/aromatic N) is 3. The van der Waals surface area contributed by atoms with Gasteiger partial charge in [-0.2, -0.15) is 5.10 Å². The topological polar surface area (TPSA) is 56.3 Å². The zero-order valence-electron chi connectivity index (χ0n) is 11.7. The Morgan fingerprint density at radius 3 is 2.95 bits per heavy atom. The summed E-state index contributed by atoms with van der Waals surface area (Å²) < 4.78 is 0. The molecule has 0 fully saturated rings. The number of aromatic amines is 1. The number of halogens is 1. The molecule has 0 aromatic carbocycles. The van der Waals surface area contributed by atoms with E-state index in [1.165, 1.54) is 4.88 Å². The maximum atomic E-state index is 4.29. The average Bonchev–Trinajstić information content (AvgIpc) is 3.10. The summed E-state index contributed by atoms with van der Waals surface area (Å²) in [5, 5.41) is 12.3. The molecule has 7 heteroatoms. The molecule has 5 nitrogen and oxygen atoms in total. The molecular weight excluding hydrogens is 385 g/mol. The lowest BCUT2D eigenvalue weighted by molar-refractivity contribution is 0.486. The van der Waals surface area contributed by atoms with Gasteiger partial charge in [-0.25, -0.2) is 0 Å². The normalized spacial score (nSPS) is 11.0. The number of nitrogens with one attached hydrogen (secondary N) is 2. The van der Waals surface area contributed by atoms with Crippen molar-refractivity contribution in [3.05, 3.63) is 40.3 Å². The van der Waals surface area contributed by atoms with Gasteiger partial charge in [0.25, 0.3) is 0 Å². The summed E-state index contributed by atoms with van der Waals surface area (Å²) in [5.41, 5.74) is 1.05. The molecule has 110 valence electrons. The largest absolute Gasteiger partial charge is 0.351 e. The van der Waals surface area contributed by atoms with Gasteiger partial charge in [0.2, 0.25) is 0 Å². The Kier molecular flexibility index (Phi) is 7.60. The van der Waals surface area contributed by atoms with Crippen molar-refractivity contribution in [2.24, 2.45) is 4.99 Å². The Morgan fingerprint density at radius 1 is 1.50 bits per heavy atom. The second-order valence-corrected chi connectivity index (χ2v) is 5.27. The summed E-state index contributed by atoms with van der Waals surface area (Å²) in [6.07, 6.45) is 2.79. The first-order valence-electron chi connectivity index (χ1n) is 6.22. The van der Waals surface area contributed by atoms with E-state index >= 15 is 0 Å². The van der Waals surface area contributed by atoms with Crippen LogP contribution in [0.15, 0.2) is 34.8 Å². The Bertz CT molecular complexity index is 495. The lowest BCUT2D eigenvalue weighted by atomic mass is 10.3. The summed E-state index contributed by atoms with van der Waals surface area (Å²) in [4.78, 5) is 7.82. The van der Waals surface area contributed by atoms with E-state index in [2.05, 4.69) is 50.0 Å². The highest BCUT2D eigenvalue weighted by Crippen LogP contribution is 2.09. The summed E-state index contributed by atoms with van der Waals surface area (Å²) >= 11 is 1.80. The van der Waals surface area contributed by atoms with Crippen molar-refractivity contribution >= 4 is 41.3 Å². The maximum Gasteiger partial charge on any atom is 0.193 e. The van der Waals surface area contributed by atoms with E-state index in [1.807, 2.05) is 6.07 Å². The Morgan fingerprint density at radius 2 is 2.35 bits per heavy atom. The van der Waals surface area contributed by atoms with Crippen LogP contribution in [0.25, 0.3) is 0 Å². The fourth-order valence-corrected chi connectivity index (χ4v) is 2.48. The fraction of sp³-hybridized carbons (Fsp3) is 0.385. The third-order valence-electron chi connectivity index (χ3n) is 2.84. The first kappa shape index (κ1) is 17.0. The van der Waals surface area contributed by atoms with E-state index in [-0.39, 0.29) is 24.0 Å². The zero-order valence-corrected chi connectivity index (χ0v) is 14.8. The SMILES string of the molecule is CN=C(NCc1ccn[nH]1)N(C)CCc1cccs1.I. The molecule has 0 aliphatic heterocycles. The van der Waals surface area contributed by atoms with Crippen LogP contribution < -0.4 is 5.32 Å². The second-order valence-electron chi connectivity index (χ2n) is 4.23. The van der Waals surface area contributed by atoms with Crippen molar-refractivity contribution in [1.29, 1.82) is 0 Å². The van der Waals surface area contributed by atoms with Gasteiger partial charge in [-0.1, -0.05) is 6.07 Å². The van der Waals surface area contributed by atoms with Crippen molar-refractivity contribution in [2.45, 2.75) is 13.0 Å². The minimum atomic E-state index is 0. The lowest BCUT2D eigenvalue weighted by Gasteiger charge is -2.21. The summed E-state index contributed by atoms with van der Waals surface area (Å²) in [5.74, 6) is 0.895. The first-order chi connectivity index (χ1) is 9.29. The monoisotopic (exact) mass is 405 g/mol. The van der Waals surface area contributed by atoms with Gasteiger partial charge in [-0.05, 0) is 23.9 Å². The quantitative estimate of drug-likeness (QED) is 0.456. The van der Waals surface area contributed by atoms with Crippen molar-refractivity contribution in [1.82, 2.24) is 20.4 Å². The van der Waals surface area contributed by atoms with Gasteiger partial charge in [0.1, 0.15) is 0 Å². The van der Waals surface area contributed by atoms with E-state index in [9.17, 15) is 0 Å². The van der Waals surface area contributed by atoms with Crippen LogP contribution in [0.1, 0.15) is 10.6 Å². The Balaban J connectivity index is 0.00000200. The summed E-state index contributed by atoms with van der Waals surface area (Å²) in [6, 6.07) is 6.20. The van der Waals surface area contributed by atoms with E-state index in [0.29, 0.717) is 6.54 Å². The van der Waals surface area contributed by atoms with Gasteiger partial charge in [0.15, 0.2) is 5.96 Å². The summed E-state index contributed by atoms with van der Waals surface area (Å²) in [7, 11) is 3.85. The highest BCUT2D eigenvalue weighted by atomic mass is 127. The predicted octanol–water partition coefficient (Wildman–Crippen LogP) is 2.34. The Labute approximate surface area is 140 Å². The van der Waals surface area contributed by atoms with Crippen molar-refractivity contribution in [2.75, 3.05) is 20.6 Å². The van der Waals surface area contributed by atoms with Crippen LogP contribution in [-0.2, 0) is 13.0 Å². The maximum absolute atomic E-state index is 4.29. The van der Waals surface area contributed by atoms with Crippen LogP contribution in [-0.4, -0.2) is 41.7 Å². The standard InChI is InChI=1S/C13H19N5S.HI/c1-14-13(15-10-11-5-7-16-17-11)18(2)8-6-12-4-3-9-19-12;/h3-5,7,9H,6,8,10H2,1-2H3,(H,14,15)(H,16,17);1H. The second kappa shape index (κ2) is 8.96. The third kappa shape index (κ3) is 5.12. The molecule has 0 aliphatic carbocycles. The van der Waals surface area contributed by atoms with Crippen molar-refractivity contribution in [3.63, 3.8) is 0 Å². The van der Waals surface area contributed by atoms with Gasteiger partial charge in [-0.15, -0.1) is 35.3 Å². The molecule has 20 heavy (non-hydrogen) atoms. The highest BCUT2D eigenvalue weighted by molar-refractivity contribution is 14.0. The number of rotatable bonds is 5. The molecule has 0 radical (unpaired) electrons. The van der Waals surface area contributed by atoms with Crippen LogP contribution in [0.5, 0.6) is 0 Å². The number of guanidine groups is 1. The number of hydrogen-bond acceptors (Lipinski definition) is 3. The smallest absolute Gasteiger partial charge is 0.193 e. The van der Waals surface area contributed by atoms with Gasteiger partial charge >= 0.3 is 0 Å². The van der Waals surface area contributed by atoms with E-state index in [1.54, 1.807) is 24.6 Å². The molecule has 0 aliphatic rings. The highest BCUT2D eigenvalue weighted by Gasteiger charge is 2.06. The fourth-order valence-electron chi connectivity index (χ4n) is 1.78. The van der Waals surface area contributed by atoms with Crippen LogP contribution in [0.2, 0.25) is 0 Å². The van der Waals surface area contributed by atoms with Crippen LogP contribution in [0, 0.1) is 0 Å². The average molecular weight is 405 g/mol. The molecule has 2 heterocycles. The molecule has 0 amide bonds. The minimum Gasteiger partial charge on any atom is -0.351 e. The molecule has 0 unspecified atom stereocenters. The number of hydrogen-bond donors (Lipinski definition) is 2. The number of aliphatic imine (C=N–C) groups is 1. The summed E-state index contributed by atoms with van der Waals surface area (Å²) in [6.45, 7) is 1.65. The number of thiophene rings is 1. The molecule has 0 spiro atoms. The molecule has 0 atom stereocenters. The molecule has 0 bridgehead atoms. The van der Waals surface area contributed by atoms with E-state index in [4.69, 9.17) is 0 Å².